The molecule has 178 valence electrons. The summed E-state index contributed by atoms with van der Waals surface area (Å²) >= 11 is 0. The number of sulfonamides is 1. The van der Waals surface area contributed by atoms with Gasteiger partial charge in [-0.3, -0.25) is 0 Å². The number of amides is 2. The Labute approximate surface area is 200 Å². The first-order chi connectivity index (χ1) is 16.0. The highest BCUT2D eigenvalue weighted by atomic mass is 32.2. The number of nitrogens with zero attached hydrogens (tertiary/aromatic N) is 2. The largest absolute Gasteiger partial charge is 0.334 e. The average molecular weight is 499 g/mol. The van der Waals surface area contributed by atoms with E-state index in [-0.39, 0.29) is 22.4 Å². The highest BCUT2D eigenvalue weighted by Crippen LogP contribution is 2.36. The third-order valence-corrected chi connectivity index (χ3v) is 8.73. The lowest BCUT2D eigenvalue weighted by atomic mass is 9.99. The predicted molar refractivity (Wildman–Crippen MR) is 130 cm³/mol. The van der Waals surface area contributed by atoms with E-state index in [0.717, 1.165) is 27.3 Å². The van der Waals surface area contributed by atoms with E-state index < -0.39 is 31.9 Å². The molecule has 1 saturated heterocycles. The molecule has 3 aromatic rings. The molecule has 0 radical (unpaired) electrons. The van der Waals surface area contributed by atoms with Crippen LogP contribution in [-0.2, 0) is 19.9 Å². The fourth-order valence-corrected chi connectivity index (χ4v) is 6.24. The molecule has 34 heavy (non-hydrogen) atoms. The van der Waals surface area contributed by atoms with Crippen molar-refractivity contribution < 1.29 is 21.6 Å². The Bertz CT molecular complexity index is 1430. The molecule has 0 spiro atoms. The summed E-state index contributed by atoms with van der Waals surface area (Å²) in [6, 6.07) is 20.7. The van der Waals surface area contributed by atoms with Gasteiger partial charge in [-0.15, -0.1) is 0 Å². The number of hydrogen-bond donors (Lipinski definition) is 0. The molecule has 2 amide bonds. The molecular weight excluding hydrogens is 472 g/mol. The zero-order valence-electron chi connectivity index (χ0n) is 19.1. The van der Waals surface area contributed by atoms with Gasteiger partial charge in [0.1, 0.15) is 0 Å². The fraction of sp³-hybridized carbons (Fsp3) is 0.240. The van der Waals surface area contributed by atoms with Crippen molar-refractivity contribution in [3.63, 3.8) is 0 Å². The van der Waals surface area contributed by atoms with Crippen LogP contribution in [0.2, 0.25) is 0 Å². The molecule has 4 rings (SSSR count). The summed E-state index contributed by atoms with van der Waals surface area (Å²) in [5, 5.41) is 0. The Hall–Kier alpha value is -3.17. The fourth-order valence-electron chi connectivity index (χ4n) is 4.18. The van der Waals surface area contributed by atoms with Crippen molar-refractivity contribution in [2.45, 2.75) is 35.7 Å². The average Bonchev–Trinajstić information content (AvgIpc) is 3.17. The Balaban J connectivity index is 1.74. The van der Waals surface area contributed by atoms with Gasteiger partial charge in [0.15, 0.2) is 9.84 Å². The van der Waals surface area contributed by atoms with Gasteiger partial charge in [0.05, 0.1) is 22.4 Å². The molecule has 0 N–H and O–H groups in total. The van der Waals surface area contributed by atoms with E-state index in [4.69, 9.17) is 0 Å². The Morgan fingerprint density at radius 3 is 2.00 bits per heavy atom. The molecule has 1 aliphatic heterocycles. The molecule has 0 bridgehead atoms. The van der Waals surface area contributed by atoms with Gasteiger partial charge in [0.25, 0.3) is 10.0 Å². The second kappa shape index (κ2) is 8.88. The number of carbonyl (C=O) groups excluding carboxylic acids is 1. The van der Waals surface area contributed by atoms with E-state index in [1.807, 2.05) is 44.2 Å². The molecule has 1 fully saturated rings. The highest BCUT2D eigenvalue weighted by Gasteiger charge is 2.45. The number of hydrogen-bond acceptors (Lipinski definition) is 5. The van der Waals surface area contributed by atoms with Crippen LogP contribution in [0.15, 0.2) is 88.7 Å². The summed E-state index contributed by atoms with van der Waals surface area (Å²) in [6.45, 7) is 3.69. The summed E-state index contributed by atoms with van der Waals surface area (Å²) in [4.78, 5) is 15.1. The zero-order valence-corrected chi connectivity index (χ0v) is 20.8. The molecule has 0 unspecified atom stereocenters. The van der Waals surface area contributed by atoms with E-state index >= 15 is 0 Å². The lowest BCUT2D eigenvalue weighted by Crippen LogP contribution is -2.39. The second-order valence-electron chi connectivity index (χ2n) is 8.57. The topological polar surface area (TPSA) is 91.8 Å². The molecule has 0 saturated carbocycles. The normalized spacial score (nSPS) is 16.9. The van der Waals surface area contributed by atoms with Crippen molar-refractivity contribution in [3.8, 4) is 11.1 Å². The van der Waals surface area contributed by atoms with Gasteiger partial charge in [-0.05, 0) is 60.9 Å². The molecule has 9 heteroatoms. The Kier molecular flexibility index (Phi) is 6.26. The summed E-state index contributed by atoms with van der Waals surface area (Å²) in [6.07, 6.45) is 1.16. The maximum absolute atomic E-state index is 13.3. The molecule has 7 nitrogen and oxygen atoms in total. The molecule has 1 heterocycles. The van der Waals surface area contributed by atoms with Crippen LogP contribution in [0.4, 0.5) is 4.79 Å². The van der Waals surface area contributed by atoms with Crippen molar-refractivity contribution in [2.75, 3.05) is 12.8 Å². The Morgan fingerprint density at radius 1 is 0.794 bits per heavy atom. The van der Waals surface area contributed by atoms with Crippen LogP contribution in [0.1, 0.15) is 25.5 Å². The molecule has 0 aliphatic carbocycles. The van der Waals surface area contributed by atoms with E-state index in [9.17, 15) is 21.6 Å². The van der Waals surface area contributed by atoms with Crippen LogP contribution in [0.3, 0.4) is 0 Å². The number of urea groups is 1. The maximum atomic E-state index is 13.3. The van der Waals surface area contributed by atoms with Crippen molar-refractivity contribution in [2.24, 2.45) is 0 Å². The van der Waals surface area contributed by atoms with E-state index in [1.54, 1.807) is 41.3 Å². The van der Waals surface area contributed by atoms with Crippen LogP contribution in [0.5, 0.6) is 0 Å². The first-order valence-electron chi connectivity index (χ1n) is 10.8. The second-order valence-corrected chi connectivity index (χ2v) is 12.5. The van der Waals surface area contributed by atoms with E-state index in [1.165, 1.54) is 12.1 Å². The highest BCUT2D eigenvalue weighted by molar-refractivity contribution is 7.90. The molecule has 0 aromatic heterocycles. The monoisotopic (exact) mass is 498 g/mol. The van der Waals surface area contributed by atoms with E-state index in [0.29, 0.717) is 0 Å². The number of sulfone groups is 1. The summed E-state index contributed by atoms with van der Waals surface area (Å²) in [5.41, 5.74) is 2.28. The van der Waals surface area contributed by atoms with Gasteiger partial charge in [0.2, 0.25) is 0 Å². The molecule has 3 aromatic carbocycles. The SMILES string of the molecule is CC(C)N1C(=O)N(S(=O)(=O)c2ccccc2)C[C@@H]1c1cccc(-c2cccc(S(C)(=O)=O)c2)c1. The minimum absolute atomic E-state index is 0.0128. The van der Waals surface area contributed by atoms with E-state index in [2.05, 4.69) is 0 Å². The molecular formula is C25H26N2O5S2. The van der Waals surface area contributed by atoms with Gasteiger partial charge in [-0.25, -0.2) is 25.9 Å². The number of carbonyl (C=O) groups is 1. The minimum atomic E-state index is -4.00. The number of rotatable bonds is 6. The third kappa shape index (κ3) is 4.45. The number of benzene rings is 3. The van der Waals surface area contributed by atoms with Crippen LogP contribution < -0.4 is 0 Å². The van der Waals surface area contributed by atoms with Crippen molar-refractivity contribution in [3.05, 3.63) is 84.4 Å². The quantitative estimate of drug-likeness (QED) is 0.504. The molecule has 1 aliphatic rings. The first kappa shape index (κ1) is 24.0. The summed E-state index contributed by atoms with van der Waals surface area (Å²) in [5.74, 6) is 0. The van der Waals surface area contributed by atoms with Crippen molar-refractivity contribution in [1.82, 2.24) is 9.21 Å². The summed E-state index contributed by atoms with van der Waals surface area (Å²) in [7, 11) is -7.37. The van der Waals surface area contributed by atoms with Crippen LogP contribution >= 0.6 is 0 Å². The van der Waals surface area contributed by atoms with Crippen LogP contribution in [0, 0.1) is 0 Å². The van der Waals surface area contributed by atoms with Crippen LogP contribution in [-0.4, -0.2) is 50.9 Å². The standard InChI is InChI=1S/C25H26N2O5S2/c1-18(2)27-24(17-26(25(27)28)34(31,32)22-12-5-4-6-13-22)21-11-7-9-19(15-21)20-10-8-14-23(16-20)33(3,29)30/h4-16,18,24H,17H2,1-3H3/t24-/m1/s1. The van der Waals surface area contributed by atoms with Crippen molar-refractivity contribution in [1.29, 1.82) is 0 Å². The Morgan fingerprint density at radius 2 is 1.38 bits per heavy atom. The molecule has 1 atom stereocenters. The lowest BCUT2D eigenvalue weighted by molar-refractivity contribution is 0.181. The predicted octanol–water partition coefficient (Wildman–Crippen LogP) is 4.33. The third-order valence-electron chi connectivity index (χ3n) is 5.86. The van der Waals surface area contributed by atoms with Gasteiger partial charge < -0.3 is 4.90 Å². The summed E-state index contributed by atoms with van der Waals surface area (Å²) < 4.78 is 51.4. The smallest absolute Gasteiger partial charge is 0.312 e. The van der Waals surface area contributed by atoms with Crippen molar-refractivity contribution >= 4 is 25.9 Å². The van der Waals surface area contributed by atoms with Gasteiger partial charge in [-0.1, -0.05) is 48.5 Å². The van der Waals surface area contributed by atoms with Gasteiger partial charge in [-0.2, -0.15) is 0 Å². The first-order valence-corrected chi connectivity index (χ1v) is 14.1. The lowest BCUT2D eigenvalue weighted by Gasteiger charge is -2.27. The van der Waals surface area contributed by atoms with Gasteiger partial charge in [0, 0.05) is 12.3 Å². The van der Waals surface area contributed by atoms with Crippen LogP contribution in [0.25, 0.3) is 11.1 Å². The zero-order chi connectivity index (χ0) is 24.7. The van der Waals surface area contributed by atoms with Gasteiger partial charge >= 0.3 is 6.03 Å². The minimum Gasteiger partial charge on any atom is -0.312 e. The maximum Gasteiger partial charge on any atom is 0.334 e.